The highest BCUT2D eigenvalue weighted by Crippen LogP contribution is 2.06. The van der Waals surface area contributed by atoms with Gasteiger partial charge >= 0.3 is 6.03 Å². The van der Waals surface area contributed by atoms with Crippen molar-refractivity contribution < 1.29 is 19.2 Å². The number of carbonyl (C=O) groups excluding carboxylic acids is 4. The molecular formula is C18H17N3O4. The van der Waals surface area contributed by atoms with Crippen LogP contribution in [-0.4, -0.2) is 23.8 Å². The maximum absolute atomic E-state index is 11.8. The van der Waals surface area contributed by atoms with E-state index in [4.69, 9.17) is 0 Å². The number of amides is 5. The molecule has 5 amide bonds. The number of hydrogen-bond acceptors (Lipinski definition) is 4. The van der Waals surface area contributed by atoms with Crippen LogP contribution in [0.4, 0.5) is 10.5 Å². The Bertz CT molecular complexity index is 760. The second-order valence-corrected chi connectivity index (χ2v) is 5.11. The summed E-state index contributed by atoms with van der Waals surface area (Å²) in [6.07, 6.45) is -0.258. The molecule has 25 heavy (non-hydrogen) atoms. The first-order valence-corrected chi connectivity index (χ1v) is 7.59. The maximum Gasteiger partial charge on any atom is 0.328 e. The number of carbonyl (C=O) groups is 4. The molecule has 0 atom stereocenters. The van der Waals surface area contributed by atoms with E-state index >= 15 is 0 Å². The van der Waals surface area contributed by atoms with E-state index in [0.717, 1.165) is 0 Å². The van der Waals surface area contributed by atoms with E-state index in [2.05, 4.69) is 5.32 Å². The van der Waals surface area contributed by atoms with Crippen molar-refractivity contribution in [3.63, 3.8) is 0 Å². The summed E-state index contributed by atoms with van der Waals surface area (Å²) in [4.78, 5) is 46.8. The molecule has 0 aliphatic rings. The first-order valence-electron chi connectivity index (χ1n) is 7.59. The van der Waals surface area contributed by atoms with Gasteiger partial charge in [-0.05, 0) is 24.3 Å². The number of anilines is 1. The van der Waals surface area contributed by atoms with Crippen LogP contribution in [0.2, 0.25) is 0 Å². The van der Waals surface area contributed by atoms with Crippen LogP contribution in [0.5, 0.6) is 0 Å². The lowest BCUT2D eigenvalue weighted by Gasteiger charge is -2.07. The summed E-state index contributed by atoms with van der Waals surface area (Å²) in [6.45, 7) is 0. The number of para-hydroxylation sites is 1. The van der Waals surface area contributed by atoms with E-state index in [1.807, 2.05) is 16.7 Å². The Morgan fingerprint density at radius 3 is 1.88 bits per heavy atom. The molecule has 0 saturated heterocycles. The van der Waals surface area contributed by atoms with Crippen LogP contribution in [0.15, 0.2) is 60.7 Å². The fraction of sp³-hybridized carbons (Fsp3) is 0.111. The van der Waals surface area contributed by atoms with Crippen LogP contribution >= 0.6 is 0 Å². The summed E-state index contributed by atoms with van der Waals surface area (Å²) in [5.74, 6) is -1.61. The fourth-order valence-electron chi connectivity index (χ4n) is 1.96. The van der Waals surface area contributed by atoms with Gasteiger partial charge in [-0.1, -0.05) is 36.4 Å². The van der Waals surface area contributed by atoms with Gasteiger partial charge in [-0.2, -0.15) is 0 Å². The van der Waals surface area contributed by atoms with Crippen molar-refractivity contribution in [1.29, 1.82) is 0 Å². The molecule has 7 heteroatoms. The highest BCUT2D eigenvalue weighted by Gasteiger charge is 2.13. The molecule has 2 aromatic carbocycles. The molecule has 0 saturated carbocycles. The number of imide groups is 2. The number of nitrogens with one attached hydrogen (secondary N) is 3. The van der Waals surface area contributed by atoms with Crippen molar-refractivity contribution in [2.24, 2.45) is 0 Å². The van der Waals surface area contributed by atoms with Crippen molar-refractivity contribution in [3.8, 4) is 0 Å². The Morgan fingerprint density at radius 1 is 0.680 bits per heavy atom. The van der Waals surface area contributed by atoms with Crippen LogP contribution in [0.1, 0.15) is 23.2 Å². The zero-order chi connectivity index (χ0) is 18.1. The van der Waals surface area contributed by atoms with Gasteiger partial charge in [0.25, 0.3) is 5.91 Å². The lowest BCUT2D eigenvalue weighted by Crippen LogP contribution is -2.42. The number of rotatable bonds is 5. The molecule has 7 nitrogen and oxygen atoms in total. The summed E-state index contributed by atoms with van der Waals surface area (Å²) >= 11 is 0. The van der Waals surface area contributed by atoms with Gasteiger partial charge < -0.3 is 5.32 Å². The number of benzene rings is 2. The minimum Gasteiger partial charge on any atom is -0.326 e. The van der Waals surface area contributed by atoms with Gasteiger partial charge in [0.15, 0.2) is 0 Å². The molecule has 0 heterocycles. The monoisotopic (exact) mass is 339 g/mol. The minimum absolute atomic E-state index is 0.0827. The van der Waals surface area contributed by atoms with E-state index in [0.29, 0.717) is 11.3 Å². The Balaban J connectivity index is 1.71. The Labute approximate surface area is 144 Å². The van der Waals surface area contributed by atoms with Gasteiger partial charge in [-0.15, -0.1) is 0 Å². The predicted octanol–water partition coefficient (Wildman–Crippen LogP) is 2.07. The van der Waals surface area contributed by atoms with Crippen LogP contribution < -0.4 is 16.0 Å². The lowest BCUT2D eigenvalue weighted by molar-refractivity contribution is -0.123. The zero-order valence-corrected chi connectivity index (χ0v) is 13.3. The first-order chi connectivity index (χ1) is 12.0. The third-order valence-electron chi connectivity index (χ3n) is 3.15. The number of urea groups is 1. The molecule has 0 aliphatic carbocycles. The third kappa shape index (κ3) is 6.26. The molecule has 2 rings (SSSR count). The summed E-state index contributed by atoms with van der Waals surface area (Å²) in [7, 11) is 0. The molecule has 0 unspecified atom stereocenters. The molecular weight excluding hydrogens is 322 g/mol. The van der Waals surface area contributed by atoms with Crippen molar-refractivity contribution >= 4 is 29.4 Å². The highest BCUT2D eigenvalue weighted by atomic mass is 16.2. The Kier molecular flexibility index (Phi) is 6.41. The van der Waals surface area contributed by atoms with Crippen LogP contribution in [0, 0.1) is 0 Å². The van der Waals surface area contributed by atoms with E-state index in [1.165, 1.54) is 0 Å². The molecule has 0 spiro atoms. The molecule has 128 valence electrons. The van der Waals surface area contributed by atoms with E-state index in [9.17, 15) is 19.2 Å². The van der Waals surface area contributed by atoms with Gasteiger partial charge in [0.05, 0.1) is 0 Å². The van der Waals surface area contributed by atoms with Crippen LogP contribution in [0.25, 0.3) is 0 Å². The highest BCUT2D eigenvalue weighted by molar-refractivity contribution is 6.08. The van der Waals surface area contributed by atoms with Crippen LogP contribution in [-0.2, 0) is 9.59 Å². The van der Waals surface area contributed by atoms with E-state index in [-0.39, 0.29) is 18.7 Å². The quantitative estimate of drug-likeness (QED) is 0.775. The van der Waals surface area contributed by atoms with E-state index < -0.39 is 17.8 Å². The average Bonchev–Trinajstić information content (AvgIpc) is 2.61. The lowest BCUT2D eigenvalue weighted by atomic mass is 10.2. The summed E-state index contributed by atoms with van der Waals surface area (Å²) in [5, 5.41) is 6.68. The normalized spacial score (nSPS) is 9.76. The van der Waals surface area contributed by atoms with Crippen LogP contribution in [0.3, 0.4) is 0 Å². The smallest absolute Gasteiger partial charge is 0.326 e. The van der Waals surface area contributed by atoms with Crippen molar-refractivity contribution in [1.82, 2.24) is 10.6 Å². The molecule has 0 aromatic heterocycles. The molecule has 0 radical (unpaired) electrons. The summed E-state index contributed by atoms with van der Waals surface area (Å²) in [6, 6.07) is 16.0. The Hall–Kier alpha value is -3.48. The average molecular weight is 339 g/mol. The SMILES string of the molecule is O=C(CCC(=O)Nc1ccccc1)NC(=O)NC(=O)c1ccccc1. The standard InChI is InChI=1S/C18H17N3O4/c22-15(19-14-9-5-2-6-10-14)11-12-16(23)20-18(25)21-17(24)13-7-3-1-4-8-13/h1-10H,11-12H2,(H,19,22)(H2,20,21,23,24,25). The first kappa shape index (κ1) is 17.9. The van der Waals surface area contributed by atoms with Gasteiger partial charge in [0, 0.05) is 24.1 Å². The van der Waals surface area contributed by atoms with E-state index in [1.54, 1.807) is 54.6 Å². The zero-order valence-electron chi connectivity index (χ0n) is 13.3. The minimum atomic E-state index is -0.928. The third-order valence-corrected chi connectivity index (χ3v) is 3.15. The van der Waals surface area contributed by atoms with Gasteiger partial charge in [0.1, 0.15) is 0 Å². The summed E-state index contributed by atoms with van der Waals surface area (Å²) < 4.78 is 0. The van der Waals surface area contributed by atoms with Crippen molar-refractivity contribution in [3.05, 3.63) is 66.2 Å². The largest absolute Gasteiger partial charge is 0.328 e. The molecule has 2 aromatic rings. The number of hydrogen-bond donors (Lipinski definition) is 3. The summed E-state index contributed by atoms with van der Waals surface area (Å²) in [5.41, 5.74) is 0.923. The molecule has 0 aliphatic heterocycles. The van der Waals surface area contributed by atoms with Gasteiger partial charge in [-0.3, -0.25) is 25.0 Å². The van der Waals surface area contributed by atoms with Gasteiger partial charge in [-0.25, -0.2) is 4.79 Å². The fourth-order valence-corrected chi connectivity index (χ4v) is 1.96. The topological polar surface area (TPSA) is 104 Å². The molecule has 0 bridgehead atoms. The Morgan fingerprint density at radius 2 is 1.24 bits per heavy atom. The second kappa shape index (κ2) is 8.97. The van der Waals surface area contributed by atoms with Crippen molar-refractivity contribution in [2.45, 2.75) is 12.8 Å². The maximum atomic E-state index is 11.8. The van der Waals surface area contributed by atoms with Gasteiger partial charge in [0.2, 0.25) is 11.8 Å². The van der Waals surface area contributed by atoms with Crippen molar-refractivity contribution in [2.75, 3.05) is 5.32 Å². The molecule has 0 fully saturated rings. The predicted molar refractivity (Wildman–Crippen MR) is 91.8 cm³/mol. The molecule has 3 N–H and O–H groups in total. The second-order valence-electron chi connectivity index (χ2n) is 5.11.